The van der Waals surface area contributed by atoms with E-state index in [1.54, 1.807) is 0 Å². The second-order valence-electron chi connectivity index (χ2n) is 6.80. The van der Waals surface area contributed by atoms with Gasteiger partial charge in [0.2, 0.25) is 0 Å². The Bertz CT molecular complexity index is 321. The molecule has 0 aliphatic heterocycles. The Morgan fingerprint density at radius 2 is 1.73 bits per heavy atom. The number of allylic oxidation sites excluding steroid dienone is 2. The van der Waals surface area contributed by atoms with Gasteiger partial charge >= 0.3 is 0 Å². The molecule has 0 heteroatoms. The van der Waals surface area contributed by atoms with Gasteiger partial charge in [-0.15, -0.1) is 0 Å². The van der Waals surface area contributed by atoms with Gasteiger partial charge in [0.25, 0.3) is 0 Å². The van der Waals surface area contributed by atoms with Gasteiger partial charge in [0.1, 0.15) is 0 Å². The van der Waals surface area contributed by atoms with Crippen molar-refractivity contribution < 1.29 is 0 Å². The summed E-state index contributed by atoms with van der Waals surface area (Å²) in [5, 5.41) is 0. The summed E-state index contributed by atoms with van der Waals surface area (Å²) in [5.74, 6) is 3.78. The maximum atomic E-state index is 2.49. The smallest absolute Gasteiger partial charge is 0.0110 e. The monoisotopic (exact) mass is 204 g/mol. The van der Waals surface area contributed by atoms with Gasteiger partial charge in [-0.2, -0.15) is 0 Å². The molecule has 0 heterocycles. The van der Waals surface area contributed by atoms with Crippen LogP contribution in [0.25, 0.3) is 0 Å². The highest BCUT2D eigenvalue weighted by Gasteiger charge is 2.61. The van der Waals surface area contributed by atoms with Gasteiger partial charge in [-0.25, -0.2) is 0 Å². The third kappa shape index (κ3) is 1.20. The quantitative estimate of drug-likeness (QED) is 0.513. The lowest BCUT2D eigenvalue weighted by atomic mass is 9.88. The standard InChI is InChI=1S/C15H24/c1-9-6-8-12-14(15(12,3)4)13-10(2)5-7-11(9)13/h9-10,12,14H,5-8H2,1-4H3/t9-,10-,12-,14-/m0/s1. The Hall–Kier alpha value is -0.260. The van der Waals surface area contributed by atoms with Crippen molar-refractivity contribution in [2.24, 2.45) is 29.1 Å². The predicted molar refractivity (Wildman–Crippen MR) is 64.6 cm³/mol. The predicted octanol–water partition coefficient (Wildman–Crippen LogP) is 4.42. The molecule has 0 aromatic heterocycles. The highest BCUT2D eigenvalue weighted by Crippen LogP contribution is 2.68. The Labute approximate surface area is 94.1 Å². The summed E-state index contributed by atoms with van der Waals surface area (Å²) in [6.07, 6.45) is 5.79. The minimum absolute atomic E-state index is 0.638. The van der Waals surface area contributed by atoms with Crippen molar-refractivity contribution >= 4 is 0 Å². The van der Waals surface area contributed by atoms with Gasteiger partial charge in [0.05, 0.1) is 0 Å². The Balaban J connectivity index is 2.02. The summed E-state index contributed by atoms with van der Waals surface area (Å²) in [5.41, 5.74) is 4.43. The fraction of sp³-hybridized carbons (Fsp3) is 0.867. The highest BCUT2D eigenvalue weighted by molar-refractivity contribution is 5.36. The van der Waals surface area contributed by atoms with E-state index < -0.39 is 0 Å². The van der Waals surface area contributed by atoms with Crippen molar-refractivity contribution in [1.29, 1.82) is 0 Å². The largest absolute Gasteiger partial charge is 0.0676 e. The molecule has 0 N–H and O–H groups in total. The number of hydrogen-bond donors (Lipinski definition) is 0. The van der Waals surface area contributed by atoms with Crippen molar-refractivity contribution in [2.45, 2.75) is 53.4 Å². The molecule has 0 radical (unpaired) electrons. The summed E-state index contributed by atoms with van der Waals surface area (Å²) in [6, 6.07) is 0. The molecule has 3 rings (SSSR count). The number of hydrogen-bond acceptors (Lipinski definition) is 0. The van der Waals surface area contributed by atoms with Crippen LogP contribution in [0.2, 0.25) is 0 Å². The first-order chi connectivity index (χ1) is 7.03. The average Bonchev–Trinajstić information content (AvgIpc) is 2.55. The third-order valence-corrected chi connectivity index (χ3v) is 5.64. The molecule has 3 aliphatic carbocycles. The maximum absolute atomic E-state index is 2.49. The van der Waals surface area contributed by atoms with Crippen LogP contribution in [-0.4, -0.2) is 0 Å². The SMILES string of the molecule is C[C@H]1CC[C@H]2[C@@H](C3=C1CC[C@@H]3C)C2(C)C. The van der Waals surface area contributed by atoms with Crippen molar-refractivity contribution in [2.75, 3.05) is 0 Å². The van der Waals surface area contributed by atoms with Gasteiger partial charge in [0, 0.05) is 0 Å². The Kier molecular flexibility index (Phi) is 1.92. The van der Waals surface area contributed by atoms with Crippen LogP contribution in [0, 0.1) is 29.1 Å². The van der Waals surface area contributed by atoms with Gasteiger partial charge in [-0.1, -0.05) is 38.8 Å². The van der Waals surface area contributed by atoms with E-state index in [2.05, 4.69) is 27.7 Å². The van der Waals surface area contributed by atoms with E-state index in [9.17, 15) is 0 Å². The van der Waals surface area contributed by atoms with Gasteiger partial charge in [0.15, 0.2) is 0 Å². The molecule has 1 saturated carbocycles. The van der Waals surface area contributed by atoms with Crippen molar-refractivity contribution in [3.05, 3.63) is 11.1 Å². The van der Waals surface area contributed by atoms with Crippen molar-refractivity contribution in [3.8, 4) is 0 Å². The van der Waals surface area contributed by atoms with Crippen molar-refractivity contribution in [1.82, 2.24) is 0 Å². The van der Waals surface area contributed by atoms with E-state index in [1.165, 1.54) is 25.7 Å². The minimum Gasteiger partial charge on any atom is -0.0676 e. The lowest BCUT2D eigenvalue weighted by molar-refractivity contribution is 0.471. The van der Waals surface area contributed by atoms with Crippen LogP contribution in [-0.2, 0) is 0 Å². The summed E-state index contributed by atoms with van der Waals surface area (Å²) >= 11 is 0. The van der Waals surface area contributed by atoms with Crippen molar-refractivity contribution in [3.63, 3.8) is 0 Å². The molecule has 3 aliphatic rings. The van der Waals surface area contributed by atoms with Crippen LogP contribution in [0.15, 0.2) is 11.1 Å². The molecular weight excluding hydrogens is 180 g/mol. The molecule has 0 bridgehead atoms. The highest BCUT2D eigenvalue weighted by atomic mass is 14.6. The topological polar surface area (TPSA) is 0 Å². The van der Waals surface area contributed by atoms with Gasteiger partial charge < -0.3 is 0 Å². The van der Waals surface area contributed by atoms with E-state index in [1.807, 2.05) is 11.1 Å². The van der Waals surface area contributed by atoms with Crippen LogP contribution in [0.5, 0.6) is 0 Å². The molecule has 84 valence electrons. The van der Waals surface area contributed by atoms with Gasteiger partial charge in [-0.05, 0) is 54.8 Å². The molecule has 0 aromatic carbocycles. The van der Waals surface area contributed by atoms with E-state index >= 15 is 0 Å². The zero-order valence-electron chi connectivity index (χ0n) is 10.6. The second-order valence-corrected chi connectivity index (χ2v) is 6.80. The fourth-order valence-electron chi connectivity index (χ4n) is 4.53. The van der Waals surface area contributed by atoms with E-state index in [0.29, 0.717) is 5.41 Å². The zero-order chi connectivity index (χ0) is 10.8. The van der Waals surface area contributed by atoms with E-state index in [4.69, 9.17) is 0 Å². The molecule has 1 fully saturated rings. The lowest BCUT2D eigenvalue weighted by Crippen LogP contribution is -2.05. The third-order valence-electron chi connectivity index (χ3n) is 5.64. The molecule has 0 unspecified atom stereocenters. The summed E-state index contributed by atoms with van der Waals surface area (Å²) in [4.78, 5) is 0. The average molecular weight is 204 g/mol. The summed E-state index contributed by atoms with van der Waals surface area (Å²) in [6.45, 7) is 9.92. The number of fused-ring (bicyclic) bond motifs is 2. The van der Waals surface area contributed by atoms with E-state index in [-0.39, 0.29) is 0 Å². The molecule has 0 spiro atoms. The molecule has 0 saturated heterocycles. The molecule has 0 aromatic rings. The second kappa shape index (κ2) is 2.90. The van der Waals surface area contributed by atoms with E-state index in [0.717, 1.165) is 23.7 Å². The maximum Gasteiger partial charge on any atom is -0.0110 e. The molecule has 0 nitrogen and oxygen atoms in total. The molecule has 0 amide bonds. The normalized spacial score (nSPS) is 47.2. The minimum atomic E-state index is 0.638. The first-order valence-corrected chi connectivity index (χ1v) is 6.76. The summed E-state index contributed by atoms with van der Waals surface area (Å²) in [7, 11) is 0. The van der Waals surface area contributed by atoms with Crippen LogP contribution < -0.4 is 0 Å². The number of rotatable bonds is 0. The summed E-state index contributed by atoms with van der Waals surface area (Å²) < 4.78 is 0. The molecule has 15 heavy (non-hydrogen) atoms. The first-order valence-electron chi connectivity index (χ1n) is 6.76. The molecule has 4 atom stereocenters. The Morgan fingerprint density at radius 3 is 2.47 bits per heavy atom. The van der Waals surface area contributed by atoms with Crippen LogP contribution in [0.3, 0.4) is 0 Å². The zero-order valence-corrected chi connectivity index (χ0v) is 10.6. The fourth-order valence-corrected chi connectivity index (χ4v) is 4.53. The Morgan fingerprint density at radius 1 is 1.00 bits per heavy atom. The van der Waals surface area contributed by atoms with Crippen LogP contribution in [0.4, 0.5) is 0 Å². The van der Waals surface area contributed by atoms with Crippen LogP contribution >= 0.6 is 0 Å². The molecular formula is C15H24. The first kappa shape index (κ1) is 9.93. The van der Waals surface area contributed by atoms with Crippen LogP contribution in [0.1, 0.15) is 53.4 Å². The lowest BCUT2D eigenvalue weighted by Gasteiger charge is -2.17. The van der Waals surface area contributed by atoms with Gasteiger partial charge in [-0.3, -0.25) is 0 Å².